The van der Waals surface area contributed by atoms with Crippen molar-refractivity contribution < 1.29 is 9.69 Å². The molecule has 1 aliphatic rings. The number of hydrogen-bond donors (Lipinski definition) is 1. The number of hydrogen-bond acceptors (Lipinski definition) is 4. The maximum absolute atomic E-state index is 12.8. The fraction of sp³-hybridized carbons (Fsp3) is 0.526. The van der Waals surface area contributed by atoms with Crippen molar-refractivity contribution >= 4 is 29.3 Å². The molecule has 27 heavy (non-hydrogen) atoms. The molecule has 1 aromatic heterocycles. The molecule has 1 atom stereocenters. The van der Waals surface area contributed by atoms with Crippen molar-refractivity contribution in [3.05, 3.63) is 29.3 Å². The van der Waals surface area contributed by atoms with Gasteiger partial charge in [-0.25, -0.2) is 0 Å². The summed E-state index contributed by atoms with van der Waals surface area (Å²) in [6.07, 6.45) is 0. The zero-order chi connectivity index (χ0) is 19.4. The number of likely N-dealkylation sites (N-methyl/N-ethyl adjacent to an activating group) is 1. The number of quaternary nitrogens is 1. The van der Waals surface area contributed by atoms with Gasteiger partial charge in [0.2, 0.25) is 5.91 Å². The number of rotatable bonds is 6. The Morgan fingerprint density at radius 2 is 2.04 bits per heavy atom. The molecule has 6 nitrogen and oxygen atoms in total. The van der Waals surface area contributed by atoms with Crippen LogP contribution in [0.2, 0.25) is 5.02 Å². The van der Waals surface area contributed by atoms with Crippen LogP contribution in [-0.2, 0) is 11.3 Å². The Morgan fingerprint density at radius 3 is 2.67 bits per heavy atom. The van der Waals surface area contributed by atoms with E-state index < -0.39 is 0 Å². The summed E-state index contributed by atoms with van der Waals surface area (Å²) in [5.41, 5.74) is 0.932. The van der Waals surface area contributed by atoms with Crippen molar-refractivity contribution in [3.63, 3.8) is 0 Å². The highest BCUT2D eigenvalue weighted by Crippen LogP contribution is 2.28. The summed E-state index contributed by atoms with van der Waals surface area (Å²) < 4.78 is 2.04. The zero-order valence-electron chi connectivity index (χ0n) is 16.1. The topological polar surface area (TPSA) is 55.5 Å². The van der Waals surface area contributed by atoms with E-state index in [1.807, 2.05) is 40.7 Å². The number of aromatic nitrogens is 3. The minimum absolute atomic E-state index is 0.185. The van der Waals surface area contributed by atoms with Crippen LogP contribution < -0.4 is 4.90 Å². The first-order valence-corrected chi connectivity index (χ1v) is 10.8. The van der Waals surface area contributed by atoms with Gasteiger partial charge < -0.3 is 14.4 Å². The lowest BCUT2D eigenvalue weighted by atomic mass is 10.2. The quantitative estimate of drug-likeness (QED) is 0.741. The first-order chi connectivity index (χ1) is 13.0. The molecule has 3 rings (SSSR count). The Kier molecular flexibility index (Phi) is 6.78. The first-order valence-electron chi connectivity index (χ1n) is 9.51. The number of benzene rings is 1. The van der Waals surface area contributed by atoms with Crippen molar-refractivity contribution in [3.8, 4) is 11.4 Å². The number of nitrogens with one attached hydrogen (secondary N) is 1. The minimum Gasteiger partial charge on any atom is -0.332 e. The summed E-state index contributed by atoms with van der Waals surface area (Å²) in [5.74, 6) is 0.965. The number of carbonyl (C=O) groups is 1. The molecule has 2 aromatic rings. The normalized spacial score (nSPS) is 16.5. The predicted molar refractivity (Wildman–Crippen MR) is 109 cm³/mol. The summed E-state index contributed by atoms with van der Waals surface area (Å²) >= 11 is 7.60. The van der Waals surface area contributed by atoms with Gasteiger partial charge in [-0.15, -0.1) is 10.2 Å². The van der Waals surface area contributed by atoms with E-state index in [0.717, 1.165) is 55.8 Å². The summed E-state index contributed by atoms with van der Waals surface area (Å²) in [7, 11) is 0. The third-order valence-electron chi connectivity index (χ3n) is 5.03. The van der Waals surface area contributed by atoms with Gasteiger partial charge in [0, 0.05) is 17.1 Å². The minimum atomic E-state index is -0.185. The van der Waals surface area contributed by atoms with E-state index in [-0.39, 0.29) is 11.2 Å². The standard InChI is InChI=1S/C19H26ClN5OS/c1-4-23-9-11-24(12-10-23)18(26)14(3)27-19-22-21-17(25(19)5-2)15-7-6-8-16(20)13-15/h6-8,13-14H,4-5,9-12H2,1-3H3/p+1/t14-/m1/s1. The molecule has 1 aliphatic heterocycles. The summed E-state index contributed by atoms with van der Waals surface area (Å²) in [6, 6.07) is 7.61. The molecule has 0 spiro atoms. The molecule has 146 valence electrons. The van der Waals surface area contributed by atoms with Gasteiger partial charge in [-0.2, -0.15) is 0 Å². The van der Waals surface area contributed by atoms with E-state index in [4.69, 9.17) is 11.6 Å². The van der Waals surface area contributed by atoms with Crippen LogP contribution in [0.4, 0.5) is 0 Å². The van der Waals surface area contributed by atoms with Crippen LogP contribution in [-0.4, -0.2) is 63.5 Å². The van der Waals surface area contributed by atoms with E-state index in [0.29, 0.717) is 5.02 Å². The third-order valence-corrected chi connectivity index (χ3v) is 6.33. The number of amides is 1. The van der Waals surface area contributed by atoms with Crippen LogP contribution in [0.1, 0.15) is 20.8 Å². The Hall–Kier alpha value is -1.57. The van der Waals surface area contributed by atoms with Crippen LogP contribution in [0.25, 0.3) is 11.4 Å². The van der Waals surface area contributed by atoms with E-state index in [9.17, 15) is 4.79 Å². The van der Waals surface area contributed by atoms with E-state index >= 15 is 0 Å². The molecule has 0 bridgehead atoms. The Bertz CT molecular complexity index is 788. The Labute approximate surface area is 169 Å². The lowest BCUT2D eigenvalue weighted by molar-refractivity contribution is -0.902. The molecular weight excluding hydrogens is 382 g/mol. The smallest absolute Gasteiger partial charge is 0.236 e. The second-order valence-corrected chi connectivity index (χ2v) is 8.49. The lowest BCUT2D eigenvalue weighted by Gasteiger charge is -2.32. The molecular formula is C19H27ClN5OS+. The molecule has 8 heteroatoms. The average molecular weight is 409 g/mol. The number of piperazine rings is 1. The maximum atomic E-state index is 12.8. The van der Waals surface area contributed by atoms with Gasteiger partial charge in [0.05, 0.1) is 38.0 Å². The zero-order valence-corrected chi connectivity index (χ0v) is 17.7. The van der Waals surface area contributed by atoms with Crippen LogP contribution >= 0.6 is 23.4 Å². The highest BCUT2D eigenvalue weighted by atomic mass is 35.5. The molecule has 2 heterocycles. The summed E-state index contributed by atoms with van der Waals surface area (Å²) in [6.45, 7) is 11.8. The van der Waals surface area contributed by atoms with E-state index in [1.165, 1.54) is 11.8 Å². The van der Waals surface area contributed by atoms with Gasteiger partial charge in [0.25, 0.3) is 0 Å². The Morgan fingerprint density at radius 1 is 1.30 bits per heavy atom. The largest absolute Gasteiger partial charge is 0.332 e. The fourth-order valence-electron chi connectivity index (χ4n) is 3.36. The number of halogens is 1. The van der Waals surface area contributed by atoms with Crippen molar-refractivity contribution in [1.82, 2.24) is 19.7 Å². The first kappa shape index (κ1) is 20.2. The molecule has 1 aromatic carbocycles. The molecule has 0 radical (unpaired) electrons. The van der Waals surface area contributed by atoms with Crippen LogP contribution in [0.3, 0.4) is 0 Å². The monoisotopic (exact) mass is 408 g/mol. The third kappa shape index (κ3) is 4.65. The van der Waals surface area contributed by atoms with Crippen LogP contribution in [0, 0.1) is 0 Å². The van der Waals surface area contributed by atoms with Crippen molar-refractivity contribution in [2.45, 2.75) is 37.7 Å². The molecule has 1 amide bonds. The molecule has 0 unspecified atom stereocenters. The van der Waals surface area contributed by atoms with E-state index in [2.05, 4.69) is 24.0 Å². The highest BCUT2D eigenvalue weighted by molar-refractivity contribution is 8.00. The molecule has 1 N–H and O–H groups in total. The molecule has 1 saturated heterocycles. The molecule has 0 saturated carbocycles. The van der Waals surface area contributed by atoms with Gasteiger partial charge in [-0.3, -0.25) is 4.79 Å². The second-order valence-electron chi connectivity index (χ2n) is 6.75. The van der Waals surface area contributed by atoms with Crippen molar-refractivity contribution in [2.24, 2.45) is 0 Å². The molecule has 0 aliphatic carbocycles. The number of carbonyl (C=O) groups excluding carboxylic acids is 1. The van der Waals surface area contributed by atoms with Crippen molar-refractivity contribution in [1.29, 1.82) is 0 Å². The van der Waals surface area contributed by atoms with Gasteiger partial charge in [-0.05, 0) is 32.9 Å². The predicted octanol–water partition coefficient (Wildman–Crippen LogP) is 1.85. The summed E-state index contributed by atoms with van der Waals surface area (Å²) in [4.78, 5) is 16.4. The van der Waals surface area contributed by atoms with E-state index in [1.54, 1.807) is 4.90 Å². The highest BCUT2D eigenvalue weighted by Gasteiger charge is 2.28. The van der Waals surface area contributed by atoms with Crippen LogP contribution in [0.15, 0.2) is 29.4 Å². The van der Waals surface area contributed by atoms with Gasteiger partial charge in [-0.1, -0.05) is 35.5 Å². The Balaban J connectivity index is 1.71. The number of nitrogens with zero attached hydrogens (tertiary/aromatic N) is 4. The van der Waals surface area contributed by atoms with Crippen molar-refractivity contribution in [2.75, 3.05) is 32.7 Å². The second kappa shape index (κ2) is 9.08. The maximum Gasteiger partial charge on any atom is 0.236 e. The SMILES string of the molecule is CCn1c(S[C@H](C)C(=O)N2CC[NH+](CC)CC2)nnc1-c1cccc(Cl)c1. The summed E-state index contributed by atoms with van der Waals surface area (Å²) in [5, 5.41) is 9.95. The lowest BCUT2D eigenvalue weighted by Crippen LogP contribution is -3.14. The fourth-order valence-corrected chi connectivity index (χ4v) is 4.55. The van der Waals surface area contributed by atoms with Gasteiger partial charge >= 0.3 is 0 Å². The van der Waals surface area contributed by atoms with Crippen LogP contribution in [0.5, 0.6) is 0 Å². The van der Waals surface area contributed by atoms with Gasteiger partial charge in [0.15, 0.2) is 11.0 Å². The average Bonchev–Trinajstić information content (AvgIpc) is 3.10. The van der Waals surface area contributed by atoms with Gasteiger partial charge in [0.1, 0.15) is 0 Å². The molecule has 1 fully saturated rings. The number of thioether (sulfide) groups is 1.